The summed E-state index contributed by atoms with van der Waals surface area (Å²) in [7, 11) is 0. The number of aliphatic hydroxyl groups excluding tert-OH is 2. The molecule has 1 unspecified atom stereocenters. The minimum Gasteiger partial charge on any atom is -0.393 e. The molecule has 10 atom stereocenters. The van der Waals surface area contributed by atoms with Gasteiger partial charge in [-0.05, 0) is 124 Å². The van der Waals surface area contributed by atoms with E-state index in [2.05, 4.69) is 61.5 Å². The second-order valence-electron chi connectivity index (χ2n) is 14.5. The molecule has 0 aromatic heterocycles. The number of hydrogen-bond donors (Lipinski definition) is 3. The van der Waals surface area contributed by atoms with Gasteiger partial charge in [0.1, 0.15) is 0 Å². The van der Waals surface area contributed by atoms with Crippen LogP contribution >= 0.6 is 0 Å². The van der Waals surface area contributed by atoms with E-state index in [1.807, 2.05) is 0 Å². The van der Waals surface area contributed by atoms with Gasteiger partial charge in [-0.25, -0.2) is 0 Å². The Balaban J connectivity index is 1.66. The van der Waals surface area contributed by atoms with E-state index in [1.165, 1.54) is 5.57 Å². The Morgan fingerprint density at radius 1 is 0.939 bits per heavy atom. The van der Waals surface area contributed by atoms with Crippen molar-refractivity contribution in [3.05, 3.63) is 11.6 Å². The zero-order chi connectivity index (χ0) is 24.6. The fourth-order valence-corrected chi connectivity index (χ4v) is 10.4. The van der Waals surface area contributed by atoms with Crippen molar-refractivity contribution in [1.29, 1.82) is 0 Å². The third-order valence-corrected chi connectivity index (χ3v) is 12.3. The Labute approximate surface area is 203 Å². The van der Waals surface area contributed by atoms with Gasteiger partial charge in [0.25, 0.3) is 0 Å². The van der Waals surface area contributed by atoms with Crippen LogP contribution in [0.1, 0.15) is 113 Å². The lowest BCUT2D eigenvalue weighted by atomic mass is 9.35. The molecule has 0 amide bonds. The molecule has 0 aliphatic heterocycles. The first-order chi connectivity index (χ1) is 15.1. The molecule has 0 aromatic rings. The Morgan fingerprint density at radius 3 is 2.21 bits per heavy atom. The van der Waals surface area contributed by atoms with E-state index in [0.29, 0.717) is 11.8 Å². The maximum Gasteiger partial charge on any atom is 0.0653 e. The van der Waals surface area contributed by atoms with Crippen LogP contribution in [0.3, 0.4) is 0 Å². The van der Waals surface area contributed by atoms with Gasteiger partial charge >= 0.3 is 0 Å². The third-order valence-electron chi connectivity index (χ3n) is 12.3. The van der Waals surface area contributed by atoms with E-state index < -0.39 is 5.60 Å². The average molecular weight is 461 g/mol. The highest BCUT2D eigenvalue weighted by Gasteiger charge is 2.71. The highest BCUT2D eigenvalue weighted by atomic mass is 16.3. The van der Waals surface area contributed by atoms with Gasteiger partial charge < -0.3 is 15.3 Å². The summed E-state index contributed by atoms with van der Waals surface area (Å²) in [5.74, 6) is 1.35. The highest BCUT2D eigenvalue weighted by Crippen LogP contribution is 2.75. The van der Waals surface area contributed by atoms with E-state index in [9.17, 15) is 15.3 Å². The van der Waals surface area contributed by atoms with Crippen LogP contribution in [0.5, 0.6) is 0 Å². The normalized spacial score (nSPS) is 50.5. The average Bonchev–Trinajstić information content (AvgIpc) is 3.03. The zero-order valence-electron chi connectivity index (χ0n) is 22.7. The third kappa shape index (κ3) is 3.61. The Hall–Kier alpha value is -0.380. The summed E-state index contributed by atoms with van der Waals surface area (Å²) in [6, 6.07) is 0. The lowest BCUT2D eigenvalue weighted by Gasteiger charge is -2.70. The first-order valence-electron chi connectivity index (χ1n) is 13.8. The van der Waals surface area contributed by atoms with Crippen molar-refractivity contribution in [2.24, 2.45) is 45.3 Å². The number of aliphatic hydroxyl groups is 3. The van der Waals surface area contributed by atoms with Gasteiger partial charge in [-0.2, -0.15) is 0 Å². The van der Waals surface area contributed by atoms with Gasteiger partial charge in [-0.3, -0.25) is 0 Å². The Morgan fingerprint density at radius 2 is 1.58 bits per heavy atom. The van der Waals surface area contributed by atoms with Crippen LogP contribution in [0.15, 0.2) is 11.6 Å². The molecule has 0 spiro atoms. The van der Waals surface area contributed by atoms with Crippen molar-refractivity contribution in [2.75, 3.05) is 0 Å². The van der Waals surface area contributed by atoms with Crippen LogP contribution in [-0.4, -0.2) is 33.1 Å². The molecule has 4 aliphatic rings. The molecule has 33 heavy (non-hydrogen) atoms. The maximum atomic E-state index is 11.9. The second kappa shape index (κ2) is 8.07. The quantitative estimate of drug-likeness (QED) is 0.420. The van der Waals surface area contributed by atoms with Crippen LogP contribution < -0.4 is 0 Å². The summed E-state index contributed by atoms with van der Waals surface area (Å²) in [5, 5.41) is 34.3. The van der Waals surface area contributed by atoms with Gasteiger partial charge in [0, 0.05) is 0 Å². The molecule has 0 aromatic carbocycles. The number of fused-ring (bicyclic) bond motifs is 5. The van der Waals surface area contributed by atoms with Crippen molar-refractivity contribution in [3.63, 3.8) is 0 Å². The smallest absolute Gasteiger partial charge is 0.0653 e. The van der Waals surface area contributed by atoms with Crippen LogP contribution in [0, 0.1) is 45.3 Å². The maximum absolute atomic E-state index is 11.9. The van der Waals surface area contributed by atoms with E-state index >= 15 is 0 Å². The molecule has 0 saturated heterocycles. The minimum absolute atomic E-state index is 0.0627. The molecule has 3 N–H and O–H groups in total. The number of rotatable bonds is 4. The van der Waals surface area contributed by atoms with Gasteiger partial charge in [-0.1, -0.05) is 46.3 Å². The van der Waals surface area contributed by atoms with Crippen LogP contribution in [0.2, 0.25) is 0 Å². The first-order valence-corrected chi connectivity index (χ1v) is 13.8. The lowest BCUT2D eigenvalue weighted by Crippen LogP contribution is -2.67. The molecule has 4 rings (SSSR count). The molecule has 3 heteroatoms. The molecule has 0 radical (unpaired) electrons. The van der Waals surface area contributed by atoms with Gasteiger partial charge in [-0.15, -0.1) is 0 Å². The summed E-state index contributed by atoms with van der Waals surface area (Å²) >= 11 is 0. The lowest BCUT2D eigenvalue weighted by molar-refractivity contribution is -0.256. The minimum atomic E-state index is -0.685. The largest absolute Gasteiger partial charge is 0.393 e. The molecule has 4 saturated carbocycles. The molecule has 190 valence electrons. The second-order valence-corrected chi connectivity index (χ2v) is 14.5. The van der Waals surface area contributed by atoms with Crippen LogP contribution in [0.4, 0.5) is 0 Å². The molecule has 4 aliphatic carbocycles. The molecule has 0 bridgehead atoms. The Bertz CT molecular complexity index is 779. The van der Waals surface area contributed by atoms with Crippen molar-refractivity contribution in [1.82, 2.24) is 0 Å². The molecule has 3 nitrogen and oxygen atoms in total. The summed E-state index contributed by atoms with van der Waals surface area (Å²) in [5.41, 5.74) is 0.817. The van der Waals surface area contributed by atoms with Crippen molar-refractivity contribution >= 4 is 0 Å². The molecule has 0 heterocycles. The van der Waals surface area contributed by atoms with Crippen molar-refractivity contribution in [3.8, 4) is 0 Å². The summed E-state index contributed by atoms with van der Waals surface area (Å²) < 4.78 is 0. The van der Waals surface area contributed by atoms with Crippen molar-refractivity contribution < 1.29 is 15.3 Å². The zero-order valence-corrected chi connectivity index (χ0v) is 22.7. The van der Waals surface area contributed by atoms with Crippen molar-refractivity contribution in [2.45, 2.75) is 131 Å². The standard InChI is InChI=1S/C30H52O3/c1-19(2)10-9-14-30(8,33)20-11-16-28(6)21(20)18-22(31)25-27(5)15-13-24(32)26(3,4)23(27)12-17-29(25,28)7/h10,20-25,31-33H,9,11-18H2,1-8H3/t20-,21-,22+,23?,24-,25+,27-,28-,29+,30-/m0/s1. The van der Waals surface area contributed by atoms with Gasteiger partial charge in [0.2, 0.25) is 0 Å². The van der Waals surface area contributed by atoms with E-state index in [4.69, 9.17) is 0 Å². The van der Waals surface area contributed by atoms with E-state index in [0.717, 1.165) is 57.8 Å². The predicted molar refractivity (Wildman–Crippen MR) is 136 cm³/mol. The molecule has 4 fully saturated rings. The SMILES string of the molecule is CC(C)=CCC[C@](C)(O)[C@H]1CC[C@@]2(C)[C@H]1C[C@@H](O)[C@@H]1[C@@]3(C)CC[C@H](O)C(C)(C)C3CC[C@]12C. The van der Waals surface area contributed by atoms with Gasteiger partial charge in [0.15, 0.2) is 0 Å². The number of hydrogen-bond acceptors (Lipinski definition) is 3. The summed E-state index contributed by atoms with van der Waals surface area (Å²) in [6.07, 6.45) is 10.6. The summed E-state index contributed by atoms with van der Waals surface area (Å²) in [6.45, 7) is 18.3. The summed E-state index contributed by atoms with van der Waals surface area (Å²) in [4.78, 5) is 0. The number of allylic oxidation sites excluding steroid dienone is 2. The monoisotopic (exact) mass is 460 g/mol. The van der Waals surface area contributed by atoms with Crippen LogP contribution in [0.25, 0.3) is 0 Å². The molecular formula is C30H52O3. The van der Waals surface area contributed by atoms with Crippen LogP contribution in [-0.2, 0) is 0 Å². The fourth-order valence-electron chi connectivity index (χ4n) is 10.4. The van der Waals surface area contributed by atoms with E-state index in [-0.39, 0.29) is 45.7 Å². The molecular weight excluding hydrogens is 408 g/mol. The van der Waals surface area contributed by atoms with E-state index in [1.54, 1.807) is 0 Å². The Kier molecular flexibility index (Phi) is 6.28. The fraction of sp³-hybridized carbons (Fsp3) is 0.933. The topological polar surface area (TPSA) is 60.7 Å². The highest BCUT2D eigenvalue weighted by molar-refractivity contribution is 5.20. The predicted octanol–water partition coefficient (Wildman–Crippen LogP) is 6.50. The first kappa shape index (κ1) is 25.7. The van der Waals surface area contributed by atoms with Gasteiger partial charge in [0.05, 0.1) is 17.8 Å².